The number of anilines is 2. The number of H-pyrrole nitrogens is 1. The third-order valence-corrected chi connectivity index (χ3v) is 3.08. The number of benzene rings is 1. The molecule has 2 aromatic rings. The van der Waals surface area contributed by atoms with E-state index in [0.29, 0.717) is 18.2 Å². The van der Waals surface area contributed by atoms with Crippen molar-refractivity contribution < 1.29 is 17.6 Å². The standard InChI is InChI=1S/C11H6BrF4N3O/c12-8-9(17-4-18-10(8)20)19-7-3-5(11(14,15)16)1-2-6(7)13/h1-4H,(H2,17,18,19,20). The Balaban J connectivity index is 2.43. The van der Waals surface area contributed by atoms with Crippen LogP contribution < -0.4 is 10.9 Å². The lowest BCUT2D eigenvalue weighted by molar-refractivity contribution is -0.137. The molecule has 2 N–H and O–H groups in total. The van der Waals surface area contributed by atoms with E-state index in [0.717, 1.165) is 6.33 Å². The van der Waals surface area contributed by atoms with Crippen LogP contribution in [0.15, 0.2) is 33.8 Å². The van der Waals surface area contributed by atoms with Crippen LogP contribution in [0.25, 0.3) is 0 Å². The molecule has 9 heteroatoms. The van der Waals surface area contributed by atoms with Gasteiger partial charge >= 0.3 is 6.18 Å². The second kappa shape index (κ2) is 5.23. The number of hydrogen-bond donors (Lipinski definition) is 2. The van der Waals surface area contributed by atoms with Crippen LogP contribution in [0.1, 0.15) is 5.56 Å². The predicted octanol–water partition coefficient (Wildman–Crippen LogP) is 3.43. The monoisotopic (exact) mass is 351 g/mol. The molecule has 4 nitrogen and oxygen atoms in total. The first-order valence-electron chi connectivity index (χ1n) is 5.16. The molecule has 0 aliphatic rings. The Labute approximate surface area is 118 Å². The van der Waals surface area contributed by atoms with Gasteiger partial charge in [0.1, 0.15) is 10.3 Å². The molecule has 1 aromatic carbocycles. The highest BCUT2D eigenvalue weighted by atomic mass is 79.9. The summed E-state index contributed by atoms with van der Waals surface area (Å²) in [7, 11) is 0. The molecule has 1 heterocycles. The lowest BCUT2D eigenvalue weighted by Crippen LogP contribution is -2.11. The smallest absolute Gasteiger partial charge is 0.337 e. The summed E-state index contributed by atoms with van der Waals surface area (Å²) in [5.74, 6) is -0.987. The van der Waals surface area contributed by atoms with Crippen molar-refractivity contribution in [2.24, 2.45) is 0 Å². The Morgan fingerprint density at radius 2 is 2.00 bits per heavy atom. The van der Waals surface area contributed by atoms with Crippen LogP contribution in [0.5, 0.6) is 0 Å². The van der Waals surface area contributed by atoms with E-state index < -0.39 is 28.8 Å². The highest BCUT2D eigenvalue weighted by Gasteiger charge is 2.31. The van der Waals surface area contributed by atoms with Gasteiger partial charge in [0.05, 0.1) is 17.6 Å². The largest absolute Gasteiger partial charge is 0.416 e. The summed E-state index contributed by atoms with van der Waals surface area (Å²) in [5.41, 5.74) is -1.99. The Morgan fingerprint density at radius 1 is 1.30 bits per heavy atom. The first kappa shape index (κ1) is 14.5. The summed E-state index contributed by atoms with van der Waals surface area (Å²) < 4.78 is 51.1. The maximum Gasteiger partial charge on any atom is 0.416 e. The number of nitrogens with one attached hydrogen (secondary N) is 2. The highest BCUT2D eigenvalue weighted by Crippen LogP contribution is 2.32. The summed E-state index contributed by atoms with van der Waals surface area (Å²) >= 11 is 2.91. The fourth-order valence-electron chi connectivity index (χ4n) is 1.40. The number of rotatable bonds is 2. The van der Waals surface area contributed by atoms with Crippen molar-refractivity contribution in [1.29, 1.82) is 0 Å². The van der Waals surface area contributed by atoms with Gasteiger partial charge in [-0.05, 0) is 34.1 Å². The Kier molecular flexibility index (Phi) is 3.80. The van der Waals surface area contributed by atoms with Crippen molar-refractivity contribution in [1.82, 2.24) is 9.97 Å². The SMILES string of the molecule is O=c1[nH]cnc(Nc2cc(C(F)(F)F)ccc2F)c1Br. The van der Waals surface area contributed by atoms with Gasteiger partial charge in [-0.3, -0.25) is 4.79 Å². The van der Waals surface area contributed by atoms with Gasteiger partial charge in [-0.15, -0.1) is 0 Å². The van der Waals surface area contributed by atoms with E-state index in [4.69, 9.17) is 0 Å². The van der Waals surface area contributed by atoms with E-state index >= 15 is 0 Å². The molecule has 0 bridgehead atoms. The molecular weight excluding hydrogens is 346 g/mol. The highest BCUT2D eigenvalue weighted by molar-refractivity contribution is 9.10. The molecule has 20 heavy (non-hydrogen) atoms. The van der Waals surface area contributed by atoms with Crippen molar-refractivity contribution >= 4 is 27.4 Å². The van der Waals surface area contributed by atoms with Crippen molar-refractivity contribution in [3.8, 4) is 0 Å². The third-order valence-electron chi connectivity index (χ3n) is 2.34. The summed E-state index contributed by atoms with van der Waals surface area (Å²) in [6.45, 7) is 0. The molecule has 0 atom stereocenters. The van der Waals surface area contributed by atoms with Crippen molar-refractivity contribution in [3.63, 3.8) is 0 Å². The van der Waals surface area contributed by atoms with Gasteiger partial charge in [0.25, 0.3) is 5.56 Å². The number of aromatic amines is 1. The Bertz CT molecular complexity index is 699. The van der Waals surface area contributed by atoms with Crippen molar-refractivity contribution in [2.75, 3.05) is 5.32 Å². The van der Waals surface area contributed by atoms with Gasteiger partial charge in [-0.1, -0.05) is 0 Å². The van der Waals surface area contributed by atoms with Gasteiger partial charge in [0.2, 0.25) is 0 Å². The van der Waals surface area contributed by atoms with Crippen LogP contribution in [0, 0.1) is 5.82 Å². The predicted molar refractivity (Wildman–Crippen MR) is 67.2 cm³/mol. The summed E-state index contributed by atoms with van der Waals surface area (Å²) in [6, 6.07) is 1.91. The summed E-state index contributed by atoms with van der Waals surface area (Å²) in [5, 5.41) is 2.34. The molecule has 0 saturated carbocycles. The fourth-order valence-corrected chi connectivity index (χ4v) is 1.71. The second-order valence-electron chi connectivity index (χ2n) is 3.71. The quantitative estimate of drug-likeness (QED) is 0.815. The molecule has 106 valence electrons. The van der Waals surface area contributed by atoms with Gasteiger partial charge in [-0.2, -0.15) is 13.2 Å². The maximum atomic E-state index is 13.5. The lowest BCUT2D eigenvalue weighted by Gasteiger charge is -2.11. The molecule has 0 fully saturated rings. The van der Waals surface area contributed by atoms with Crippen molar-refractivity contribution in [2.45, 2.75) is 6.18 Å². The fraction of sp³-hybridized carbons (Fsp3) is 0.0909. The van der Waals surface area contributed by atoms with Crippen LogP contribution in [-0.2, 0) is 6.18 Å². The Morgan fingerprint density at radius 3 is 2.65 bits per heavy atom. The molecular formula is C11H6BrF4N3O. The molecule has 0 radical (unpaired) electrons. The molecule has 0 aliphatic heterocycles. The maximum absolute atomic E-state index is 13.5. The van der Waals surface area contributed by atoms with Crippen LogP contribution in [0.3, 0.4) is 0 Å². The van der Waals surface area contributed by atoms with E-state index in [2.05, 4.69) is 31.2 Å². The minimum absolute atomic E-state index is 0.0446. The van der Waals surface area contributed by atoms with E-state index in [1.54, 1.807) is 0 Å². The Hall–Kier alpha value is -1.90. The molecule has 0 aliphatic carbocycles. The van der Waals surface area contributed by atoms with Crippen LogP contribution in [0.2, 0.25) is 0 Å². The van der Waals surface area contributed by atoms with Gasteiger partial charge < -0.3 is 10.3 Å². The van der Waals surface area contributed by atoms with E-state index in [1.807, 2.05) is 0 Å². The number of nitrogens with zero attached hydrogens (tertiary/aromatic N) is 1. The van der Waals surface area contributed by atoms with Crippen LogP contribution in [-0.4, -0.2) is 9.97 Å². The number of halogens is 5. The van der Waals surface area contributed by atoms with E-state index in [-0.39, 0.29) is 10.3 Å². The normalized spacial score (nSPS) is 11.4. The van der Waals surface area contributed by atoms with E-state index in [9.17, 15) is 22.4 Å². The minimum Gasteiger partial charge on any atom is -0.337 e. The first-order valence-corrected chi connectivity index (χ1v) is 5.95. The van der Waals surface area contributed by atoms with Gasteiger partial charge in [0, 0.05) is 0 Å². The first-order chi connectivity index (χ1) is 9.29. The second-order valence-corrected chi connectivity index (χ2v) is 4.50. The summed E-state index contributed by atoms with van der Waals surface area (Å²) in [6.07, 6.45) is -3.55. The third kappa shape index (κ3) is 2.98. The van der Waals surface area contributed by atoms with Crippen LogP contribution in [0.4, 0.5) is 29.1 Å². The molecule has 0 unspecified atom stereocenters. The average molecular weight is 352 g/mol. The topological polar surface area (TPSA) is 57.8 Å². The van der Waals surface area contributed by atoms with Crippen LogP contribution >= 0.6 is 15.9 Å². The average Bonchev–Trinajstić information content (AvgIpc) is 2.36. The molecule has 1 aromatic heterocycles. The zero-order valence-corrected chi connectivity index (χ0v) is 11.1. The zero-order valence-electron chi connectivity index (χ0n) is 9.55. The molecule has 0 saturated heterocycles. The van der Waals surface area contributed by atoms with Gasteiger partial charge in [0.15, 0.2) is 5.82 Å². The molecule has 0 spiro atoms. The molecule has 0 amide bonds. The van der Waals surface area contributed by atoms with Gasteiger partial charge in [-0.25, -0.2) is 9.37 Å². The molecule has 2 rings (SSSR count). The number of alkyl halides is 3. The number of hydrogen-bond acceptors (Lipinski definition) is 3. The van der Waals surface area contributed by atoms with Crippen molar-refractivity contribution in [3.05, 3.63) is 50.7 Å². The number of aromatic nitrogens is 2. The zero-order chi connectivity index (χ0) is 14.9. The minimum atomic E-state index is -4.59. The van der Waals surface area contributed by atoms with E-state index in [1.165, 1.54) is 0 Å². The summed E-state index contributed by atoms with van der Waals surface area (Å²) in [4.78, 5) is 17.2. The lowest BCUT2D eigenvalue weighted by atomic mass is 10.2.